The van der Waals surface area contributed by atoms with Crippen molar-refractivity contribution in [3.63, 3.8) is 0 Å². The second-order valence-corrected chi connectivity index (χ2v) is 9.06. The van der Waals surface area contributed by atoms with Crippen LogP contribution < -0.4 is 0 Å². The fourth-order valence-electron chi connectivity index (χ4n) is 4.75. The van der Waals surface area contributed by atoms with Gasteiger partial charge in [-0.25, -0.2) is 4.98 Å². The van der Waals surface area contributed by atoms with Gasteiger partial charge in [0.05, 0.1) is 23.4 Å². The SMILES string of the molecule is Cc1cnc(-c2ccc(-c3cccc4c3C(=O)N([C@H](C3CC3)C(C)(C)O)C4)cc2)o1. The van der Waals surface area contributed by atoms with Crippen LogP contribution in [0.2, 0.25) is 0 Å². The normalized spacial score (nSPS) is 17.3. The van der Waals surface area contributed by atoms with E-state index in [1.165, 1.54) is 0 Å². The zero-order valence-corrected chi connectivity index (χ0v) is 17.6. The summed E-state index contributed by atoms with van der Waals surface area (Å²) in [6.45, 7) is 6.06. The first-order chi connectivity index (χ1) is 14.3. The fraction of sp³-hybridized carbons (Fsp3) is 0.360. The minimum atomic E-state index is -0.922. The van der Waals surface area contributed by atoms with E-state index in [0.29, 0.717) is 18.4 Å². The van der Waals surface area contributed by atoms with Gasteiger partial charge < -0.3 is 14.4 Å². The number of aryl methyl sites for hydroxylation is 1. The molecule has 1 aliphatic carbocycles. The molecule has 2 heterocycles. The Balaban J connectivity index is 1.49. The Morgan fingerprint density at radius 2 is 1.83 bits per heavy atom. The molecule has 0 bridgehead atoms. The maximum Gasteiger partial charge on any atom is 0.255 e. The summed E-state index contributed by atoms with van der Waals surface area (Å²) in [5.74, 6) is 1.77. The molecule has 1 N–H and O–H groups in total. The molecular weight excluding hydrogens is 376 g/mol. The Morgan fingerprint density at radius 1 is 1.13 bits per heavy atom. The summed E-state index contributed by atoms with van der Waals surface area (Å²) in [6, 6.07) is 13.8. The lowest BCUT2D eigenvalue weighted by atomic mass is 9.92. The van der Waals surface area contributed by atoms with Gasteiger partial charge >= 0.3 is 0 Å². The van der Waals surface area contributed by atoms with Gasteiger partial charge in [0.2, 0.25) is 5.89 Å². The van der Waals surface area contributed by atoms with Crippen molar-refractivity contribution in [1.29, 1.82) is 0 Å². The van der Waals surface area contributed by atoms with E-state index < -0.39 is 5.60 Å². The van der Waals surface area contributed by atoms with Crippen molar-refractivity contribution in [2.24, 2.45) is 5.92 Å². The molecule has 0 spiro atoms. The van der Waals surface area contributed by atoms with Gasteiger partial charge in [0.15, 0.2) is 0 Å². The summed E-state index contributed by atoms with van der Waals surface area (Å²) < 4.78 is 5.61. The largest absolute Gasteiger partial charge is 0.441 e. The molecule has 2 aromatic carbocycles. The third kappa shape index (κ3) is 3.23. The lowest BCUT2D eigenvalue weighted by Gasteiger charge is -2.37. The van der Waals surface area contributed by atoms with E-state index in [-0.39, 0.29) is 11.9 Å². The molecule has 1 saturated carbocycles. The molecule has 30 heavy (non-hydrogen) atoms. The minimum Gasteiger partial charge on any atom is -0.441 e. The van der Waals surface area contributed by atoms with Gasteiger partial charge in [-0.05, 0) is 68.4 Å². The summed E-state index contributed by atoms with van der Waals surface area (Å²) in [4.78, 5) is 19.7. The third-order valence-corrected chi connectivity index (χ3v) is 6.16. The highest BCUT2D eigenvalue weighted by atomic mass is 16.4. The van der Waals surface area contributed by atoms with Crippen molar-refractivity contribution >= 4 is 5.91 Å². The molecule has 0 radical (unpaired) electrons. The van der Waals surface area contributed by atoms with Crippen LogP contribution in [0, 0.1) is 12.8 Å². The number of benzene rings is 2. The molecule has 1 aliphatic heterocycles. The Morgan fingerprint density at radius 3 is 2.43 bits per heavy atom. The summed E-state index contributed by atoms with van der Waals surface area (Å²) in [6.07, 6.45) is 3.85. The molecule has 1 aromatic heterocycles. The highest BCUT2D eigenvalue weighted by molar-refractivity contribution is 6.04. The van der Waals surface area contributed by atoms with Crippen LogP contribution in [0.1, 0.15) is 48.4 Å². The molecule has 0 unspecified atom stereocenters. The van der Waals surface area contributed by atoms with Crippen molar-refractivity contribution < 1.29 is 14.3 Å². The van der Waals surface area contributed by atoms with E-state index in [0.717, 1.165) is 46.4 Å². The molecular formula is C25H26N2O3. The van der Waals surface area contributed by atoms with Crippen LogP contribution in [-0.2, 0) is 6.54 Å². The van der Waals surface area contributed by atoms with E-state index in [1.807, 2.05) is 68.1 Å². The van der Waals surface area contributed by atoms with E-state index in [9.17, 15) is 9.90 Å². The van der Waals surface area contributed by atoms with Crippen LogP contribution >= 0.6 is 0 Å². The lowest BCUT2D eigenvalue weighted by molar-refractivity contribution is -0.0224. The Labute approximate surface area is 176 Å². The molecule has 1 amide bonds. The quantitative estimate of drug-likeness (QED) is 0.664. The monoisotopic (exact) mass is 402 g/mol. The van der Waals surface area contributed by atoms with Gasteiger partial charge in [0.25, 0.3) is 5.91 Å². The number of amides is 1. The molecule has 5 nitrogen and oxygen atoms in total. The molecule has 1 atom stereocenters. The Bertz CT molecular complexity index is 1100. The van der Waals surface area contributed by atoms with Gasteiger partial charge in [0, 0.05) is 12.1 Å². The standard InChI is InChI=1S/C25H26N2O3/c1-15-13-26-23(30-15)18-11-7-16(8-12-18)20-6-4-5-19-14-27(24(28)21(19)20)22(17-9-10-17)25(2,3)29/h4-8,11-13,17,22,29H,9-10,14H2,1-3H3/t22-/m1/s1. The number of nitrogens with zero attached hydrogens (tertiary/aromatic N) is 2. The van der Waals surface area contributed by atoms with Crippen LogP contribution in [0.3, 0.4) is 0 Å². The van der Waals surface area contributed by atoms with Crippen molar-refractivity contribution in [1.82, 2.24) is 9.88 Å². The average molecular weight is 402 g/mol. The van der Waals surface area contributed by atoms with Crippen molar-refractivity contribution in [3.8, 4) is 22.6 Å². The van der Waals surface area contributed by atoms with E-state index in [1.54, 1.807) is 6.20 Å². The topological polar surface area (TPSA) is 66.6 Å². The third-order valence-electron chi connectivity index (χ3n) is 6.16. The highest BCUT2D eigenvalue weighted by Crippen LogP contribution is 2.44. The number of hydrogen-bond acceptors (Lipinski definition) is 4. The van der Waals surface area contributed by atoms with Crippen LogP contribution in [0.25, 0.3) is 22.6 Å². The number of aromatic nitrogens is 1. The number of rotatable bonds is 5. The van der Waals surface area contributed by atoms with Crippen molar-refractivity contribution in [2.75, 3.05) is 0 Å². The summed E-state index contributed by atoms with van der Waals surface area (Å²) in [7, 11) is 0. The maximum atomic E-state index is 13.5. The second kappa shape index (κ2) is 6.81. The van der Waals surface area contributed by atoms with Gasteiger partial charge in [0.1, 0.15) is 5.76 Å². The fourth-order valence-corrected chi connectivity index (χ4v) is 4.75. The van der Waals surface area contributed by atoms with Gasteiger partial charge in [-0.15, -0.1) is 0 Å². The Kier molecular flexibility index (Phi) is 4.33. The first-order valence-electron chi connectivity index (χ1n) is 10.5. The zero-order valence-electron chi connectivity index (χ0n) is 17.6. The number of aliphatic hydroxyl groups is 1. The number of fused-ring (bicyclic) bond motifs is 1. The zero-order chi connectivity index (χ0) is 21.0. The van der Waals surface area contributed by atoms with E-state index in [4.69, 9.17) is 4.42 Å². The number of carbonyl (C=O) groups is 1. The molecule has 154 valence electrons. The molecule has 0 saturated heterocycles. The smallest absolute Gasteiger partial charge is 0.255 e. The predicted molar refractivity (Wildman–Crippen MR) is 115 cm³/mol. The molecule has 5 rings (SSSR count). The Hall–Kier alpha value is -2.92. The number of oxazole rings is 1. The van der Waals surface area contributed by atoms with Crippen molar-refractivity contribution in [2.45, 2.75) is 51.8 Å². The van der Waals surface area contributed by atoms with E-state index in [2.05, 4.69) is 4.98 Å². The highest BCUT2D eigenvalue weighted by Gasteiger charge is 2.48. The first kappa shape index (κ1) is 19.1. The van der Waals surface area contributed by atoms with Crippen molar-refractivity contribution in [3.05, 3.63) is 65.5 Å². The van der Waals surface area contributed by atoms with Gasteiger partial charge in [-0.3, -0.25) is 4.79 Å². The van der Waals surface area contributed by atoms with Gasteiger partial charge in [-0.1, -0.05) is 30.3 Å². The van der Waals surface area contributed by atoms with Crippen LogP contribution in [-0.4, -0.2) is 32.5 Å². The first-order valence-corrected chi connectivity index (χ1v) is 10.5. The number of hydrogen-bond donors (Lipinski definition) is 1. The predicted octanol–water partition coefficient (Wildman–Crippen LogP) is 4.82. The molecule has 5 heteroatoms. The molecule has 2 aliphatic rings. The molecule has 3 aromatic rings. The second-order valence-electron chi connectivity index (χ2n) is 9.06. The van der Waals surface area contributed by atoms with Crippen LogP contribution in [0.4, 0.5) is 0 Å². The lowest BCUT2D eigenvalue weighted by Crippen LogP contribution is -2.51. The summed E-state index contributed by atoms with van der Waals surface area (Å²) in [5.41, 5.74) is 3.69. The summed E-state index contributed by atoms with van der Waals surface area (Å²) in [5, 5.41) is 10.8. The minimum absolute atomic E-state index is 0.0204. The average Bonchev–Trinajstić information content (AvgIpc) is 3.35. The maximum absolute atomic E-state index is 13.5. The van der Waals surface area contributed by atoms with Gasteiger partial charge in [-0.2, -0.15) is 0 Å². The van der Waals surface area contributed by atoms with E-state index >= 15 is 0 Å². The van der Waals surface area contributed by atoms with Crippen LogP contribution in [0.15, 0.2) is 53.1 Å². The molecule has 1 fully saturated rings. The summed E-state index contributed by atoms with van der Waals surface area (Å²) >= 11 is 0. The van der Waals surface area contributed by atoms with Crippen LogP contribution in [0.5, 0.6) is 0 Å². The number of carbonyl (C=O) groups excluding carboxylic acids is 1.